The van der Waals surface area contributed by atoms with E-state index >= 15 is 0 Å². The van der Waals surface area contributed by atoms with Crippen molar-refractivity contribution in [3.05, 3.63) is 66.2 Å². The molecule has 1 radical (unpaired) electrons. The molecule has 0 atom stereocenters. The Morgan fingerprint density at radius 2 is 1.93 bits per heavy atom. The van der Waals surface area contributed by atoms with Crippen LogP contribution < -0.4 is 4.46 Å². The third-order valence-corrected chi connectivity index (χ3v) is 6.89. The zero-order valence-corrected chi connectivity index (χ0v) is 10.9. The summed E-state index contributed by atoms with van der Waals surface area (Å²) in [4.78, 5) is 0. The van der Waals surface area contributed by atoms with Crippen LogP contribution in [-0.2, 0) is 0 Å². The summed E-state index contributed by atoms with van der Waals surface area (Å²) >= 11 is -0.886. The Morgan fingerprint density at radius 3 is 2.40 bits per heavy atom. The van der Waals surface area contributed by atoms with Gasteiger partial charge in [-0.15, -0.1) is 0 Å². The number of hydrogen-bond acceptors (Lipinski definition) is 0. The van der Waals surface area contributed by atoms with E-state index in [9.17, 15) is 0 Å². The van der Waals surface area contributed by atoms with Crippen molar-refractivity contribution in [3.8, 4) is 0 Å². The van der Waals surface area contributed by atoms with Crippen molar-refractivity contribution in [2.24, 2.45) is 0 Å². The van der Waals surface area contributed by atoms with Crippen LogP contribution in [0.4, 0.5) is 0 Å². The molecule has 0 saturated heterocycles. The van der Waals surface area contributed by atoms with Crippen molar-refractivity contribution in [1.82, 2.24) is 0 Å². The van der Waals surface area contributed by atoms with Gasteiger partial charge in [-0.05, 0) is 0 Å². The van der Waals surface area contributed by atoms with E-state index in [2.05, 4.69) is 56.5 Å². The summed E-state index contributed by atoms with van der Waals surface area (Å²) in [5, 5.41) is 1.20. The Bertz CT molecular complexity index is 349. The fraction of sp³-hybridized carbons (Fsp3) is 0.143. The number of rotatable bonds is 5. The molecule has 15 heavy (non-hydrogen) atoms. The molecule has 0 aliphatic rings. The van der Waals surface area contributed by atoms with Gasteiger partial charge in [0.05, 0.1) is 0 Å². The molecule has 0 unspecified atom stereocenters. The van der Waals surface area contributed by atoms with E-state index in [1.807, 2.05) is 12.2 Å². The fourth-order valence-electron chi connectivity index (χ4n) is 1.42. The van der Waals surface area contributed by atoms with E-state index in [4.69, 9.17) is 0 Å². The molecule has 1 aromatic carbocycles. The van der Waals surface area contributed by atoms with Crippen LogP contribution in [0.5, 0.6) is 0 Å². The monoisotopic (exact) mass is 265 g/mol. The first-order valence-electron chi connectivity index (χ1n) is 5.04. The van der Waals surface area contributed by atoms with Crippen LogP contribution in [0.15, 0.2) is 66.2 Å². The molecule has 0 aliphatic heterocycles. The molecule has 1 aromatic rings. The molecular weight excluding hydrogens is 247 g/mol. The predicted molar refractivity (Wildman–Crippen MR) is 70.8 cm³/mol. The molecule has 0 nitrogen and oxygen atoms in total. The molecule has 0 saturated carbocycles. The summed E-state index contributed by atoms with van der Waals surface area (Å²) in [6.07, 6.45) is 5.92. The Morgan fingerprint density at radius 1 is 1.27 bits per heavy atom. The summed E-state index contributed by atoms with van der Waals surface area (Å²) < 4.78 is 2.83. The van der Waals surface area contributed by atoms with Crippen molar-refractivity contribution >= 4 is 18.4 Å². The molecule has 1 rings (SSSR count). The molecule has 79 valence electrons. The number of hydrogen-bond donors (Lipinski definition) is 0. The van der Waals surface area contributed by atoms with E-state index in [0.29, 0.717) is 0 Å². The van der Waals surface area contributed by atoms with Gasteiger partial charge in [0.1, 0.15) is 0 Å². The third-order valence-electron chi connectivity index (χ3n) is 2.08. The molecule has 1 heteroatoms. The Labute approximate surface area is 96.9 Å². The molecule has 0 N–H and O–H groups in total. The first-order chi connectivity index (χ1) is 7.33. The first-order valence-corrected chi connectivity index (χ1v) is 7.97. The van der Waals surface area contributed by atoms with Crippen LogP contribution in [0.2, 0.25) is 5.32 Å². The van der Waals surface area contributed by atoms with Gasteiger partial charge in [0.2, 0.25) is 0 Å². The van der Waals surface area contributed by atoms with Crippen LogP contribution in [0.3, 0.4) is 0 Å². The SMILES string of the molecule is C=C/C=C(\C=C)[Se](CC)c1ccccc1. The van der Waals surface area contributed by atoms with Crippen LogP contribution in [0.1, 0.15) is 6.92 Å². The van der Waals surface area contributed by atoms with Gasteiger partial charge in [0, 0.05) is 0 Å². The van der Waals surface area contributed by atoms with E-state index in [0.717, 1.165) is 0 Å². The minimum absolute atomic E-state index is 0.886. The molecular formula is C14H17Se. The Hall–Kier alpha value is -1.04. The first kappa shape index (κ1) is 12.0. The zero-order chi connectivity index (χ0) is 11.1. The molecule has 0 fully saturated rings. The van der Waals surface area contributed by atoms with Crippen molar-refractivity contribution in [1.29, 1.82) is 0 Å². The van der Waals surface area contributed by atoms with E-state index in [-0.39, 0.29) is 0 Å². The van der Waals surface area contributed by atoms with Crippen LogP contribution in [0, 0.1) is 0 Å². The Balaban J connectivity index is 3.03. The van der Waals surface area contributed by atoms with Gasteiger partial charge in [0.15, 0.2) is 0 Å². The van der Waals surface area contributed by atoms with Crippen molar-refractivity contribution in [3.63, 3.8) is 0 Å². The molecule has 0 amide bonds. The van der Waals surface area contributed by atoms with E-state index in [1.165, 1.54) is 14.3 Å². The van der Waals surface area contributed by atoms with Crippen LogP contribution >= 0.6 is 0 Å². The Kier molecular flexibility index (Phi) is 5.17. The minimum atomic E-state index is -0.886. The standard InChI is InChI=1S/C14H17Se/c1-4-10-13(5-2)15(6-3)14-11-8-7-9-12-14/h4-5,7-12H,1-2,6H2,3H3/b13-10+. The van der Waals surface area contributed by atoms with Gasteiger partial charge in [0.25, 0.3) is 0 Å². The molecule has 0 bridgehead atoms. The van der Waals surface area contributed by atoms with Gasteiger partial charge in [-0.2, -0.15) is 0 Å². The van der Waals surface area contributed by atoms with Crippen molar-refractivity contribution < 1.29 is 0 Å². The maximum atomic E-state index is 3.89. The zero-order valence-electron chi connectivity index (χ0n) is 9.15. The van der Waals surface area contributed by atoms with Crippen LogP contribution in [0.25, 0.3) is 0 Å². The second-order valence-corrected chi connectivity index (χ2v) is 7.83. The third kappa shape index (κ3) is 3.23. The van der Waals surface area contributed by atoms with E-state index in [1.54, 1.807) is 0 Å². The van der Waals surface area contributed by atoms with Crippen LogP contribution in [-0.4, -0.2) is 13.9 Å². The second-order valence-electron chi connectivity index (χ2n) is 3.00. The summed E-state index contributed by atoms with van der Waals surface area (Å²) in [5.74, 6) is 0. The number of benzene rings is 1. The second kappa shape index (κ2) is 6.44. The average molecular weight is 264 g/mol. The quantitative estimate of drug-likeness (QED) is 0.565. The van der Waals surface area contributed by atoms with E-state index < -0.39 is 13.9 Å². The van der Waals surface area contributed by atoms with Gasteiger partial charge >= 0.3 is 96.8 Å². The number of allylic oxidation sites excluding steroid dienone is 4. The summed E-state index contributed by atoms with van der Waals surface area (Å²) in [7, 11) is 0. The molecule has 0 heterocycles. The normalized spacial score (nSPS) is 11.5. The predicted octanol–water partition coefficient (Wildman–Crippen LogP) is 3.25. The maximum absolute atomic E-state index is 3.89. The summed E-state index contributed by atoms with van der Waals surface area (Å²) in [6, 6.07) is 10.7. The summed E-state index contributed by atoms with van der Waals surface area (Å²) in [6.45, 7) is 9.89. The topological polar surface area (TPSA) is 0 Å². The van der Waals surface area contributed by atoms with Gasteiger partial charge in [-0.25, -0.2) is 0 Å². The molecule has 0 aliphatic carbocycles. The van der Waals surface area contributed by atoms with Crippen molar-refractivity contribution in [2.75, 3.05) is 0 Å². The van der Waals surface area contributed by atoms with Gasteiger partial charge in [-0.3, -0.25) is 0 Å². The van der Waals surface area contributed by atoms with Crippen molar-refractivity contribution in [2.45, 2.75) is 12.2 Å². The average Bonchev–Trinajstić information content (AvgIpc) is 2.30. The van der Waals surface area contributed by atoms with Gasteiger partial charge < -0.3 is 0 Å². The summed E-state index contributed by atoms with van der Waals surface area (Å²) in [5.41, 5.74) is 0. The molecule has 0 aromatic heterocycles. The van der Waals surface area contributed by atoms with Gasteiger partial charge in [-0.1, -0.05) is 0 Å². The fourth-order valence-corrected chi connectivity index (χ4v) is 5.38. The molecule has 0 spiro atoms.